The smallest absolute Gasteiger partial charge is 0.337 e. The standard InChI is InChI=1S/C25H26FNO2/c1-25-10-9-20-19-5-4-16(24(28)29-2)11-15(19)3-6-21(20)23(25)8-7-22(25)17-12-18(26)14-27-13-17/h4-5,7,11-14,20-21,23H,3,6,8-10H2,1-2H3/t20-,21-,23+,25-/m1/s1. The molecule has 1 aromatic heterocycles. The van der Waals surface area contributed by atoms with Crippen LogP contribution in [-0.4, -0.2) is 18.1 Å². The number of allylic oxidation sites excluding steroid dienone is 2. The van der Waals surface area contributed by atoms with E-state index in [9.17, 15) is 9.18 Å². The van der Waals surface area contributed by atoms with Gasteiger partial charge in [-0.25, -0.2) is 9.18 Å². The molecule has 4 atom stereocenters. The minimum absolute atomic E-state index is 0.0834. The van der Waals surface area contributed by atoms with Crippen LogP contribution in [0.3, 0.4) is 0 Å². The highest BCUT2D eigenvalue weighted by Gasteiger charge is 2.51. The van der Waals surface area contributed by atoms with Crippen LogP contribution in [0.4, 0.5) is 4.39 Å². The van der Waals surface area contributed by atoms with Crippen LogP contribution < -0.4 is 0 Å². The molecule has 0 unspecified atom stereocenters. The summed E-state index contributed by atoms with van der Waals surface area (Å²) in [4.78, 5) is 16.0. The van der Waals surface area contributed by atoms with E-state index < -0.39 is 0 Å². The van der Waals surface area contributed by atoms with Gasteiger partial charge in [-0.3, -0.25) is 4.98 Å². The molecule has 3 aliphatic carbocycles. The predicted molar refractivity (Wildman–Crippen MR) is 110 cm³/mol. The fourth-order valence-electron chi connectivity index (χ4n) is 6.40. The number of ether oxygens (including phenoxy) is 1. The molecular weight excluding hydrogens is 365 g/mol. The number of hydrogen-bond donors (Lipinski definition) is 0. The van der Waals surface area contributed by atoms with Gasteiger partial charge in [-0.15, -0.1) is 0 Å². The van der Waals surface area contributed by atoms with E-state index in [0.29, 0.717) is 23.3 Å². The maximum atomic E-state index is 13.8. The third-order valence-corrected chi connectivity index (χ3v) is 7.74. The second kappa shape index (κ2) is 6.79. The fraction of sp³-hybridized carbons (Fsp3) is 0.440. The van der Waals surface area contributed by atoms with Gasteiger partial charge in [0.05, 0.1) is 18.9 Å². The van der Waals surface area contributed by atoms with Crippen molar-refractivity contribution >= 4 is 11.5 Å². The van der Waals surface area contributed by atoms with E-state index in [-0.39, 0.29) is 17.2 Å². The molecule has 1 heterocycles. The Morgan fingerprint density at radius 2 is 2.10 bits per heavy atom. The van der Waals surface area contributed by atoms with Crippen LogP contribution in [-0.2, 0) is 11.2 Å². The molecule has 1 saturated carbocycles. The van der Waals surface area contributed by atoms with Crippen molar-refractivity contribution in [3.63, 3.8) is 0 Å². The monoisotopic (exact) mass is 391 g/mol. The van der Waals surface area contributed by atoms with Crippen molar-refractivity contribution < 1.29 is 13.9 Å². The van der Waals surface area contributed by atoms with Crippen molar-refractivity contribution in [3.05, 3.63) is 70.8 Å². The average Bonchev–Trinajstić information content (AvgIpc) is 3.09. The zero-order valence-electron chi connectivity index (χ0n) is 17.0. The number of carbonyl (C=O) groups is 1. The summed E-state index contributed by atoms with van der Waals surface area (Å²) in [5, 5.41) is 0. The minimum Gasteiger partial charge on any atom is -0.465 e. The molecule has 0 saturated heterocycles. The lowest BCUT2D eigenvalue weighted by atomic mass is 9.54. The Morgan fingerprint density at radius 1 is 1.24 bits per heavy atom. The first-order valence-electron chi connectivity index (χ1n) is 10.5. The summed E-state index contributed by atoms with van der Waals surface area (Å²) in [5.74, 6) is 1.21. The molecule has 0 N–H and O–H groups in total. The highest BCUT2D eigenvalue weighted by Crippen LogP contribution is 2.63. The number of pyridine rings is 1. The number of nitrogens with zero attached hydrogens (tertiary/aromatic N) is 1. The van der Waals surface area contributed by atoms with Gasteiger partial charge in [0.15, 0.2) is 0 Å². The van der Waals surface area contributed by atoms with Crippen molar-refractivity contribution in [3.8, 4) is 0 Å². The van der Waals surface area contributed by atoms with Crippen molar-refractivity contribution in [2.75, 3.05) is 7.11 Å². The second-order valence-corrected chi connectivity index (χ2v) is 9.02. The Balaban J connectivity index is 1.45. The number of rotatable bonds is 2. The molecule has 5 rings (SSSR count). The molecule has 3 nitrogen and oxygen atoms in total. The van der Waals surface area contributed by atoms with E-state index in [1.165, 1.54) is 30.0 Å². The van der Waals surface area contributed by atoms with Gasteiger partial charge in [0, 0.05) is 6.20 Å². The van der Waals surface area contributed by atoms with Crippen molar-refractivity contribution in [1.29, 1.82) is 0 Å². The van der Waals surface area contributed by atoms with E-state index in [1.54, 1.807) is 12.3 Å². The van der Waals surface area contributed by atoms with Gasteiger partial charge in [0.25, 0.3) is 0 Å². The van der Waals surface area contributed by atoms with Gasteiger partial charge >= 0.3 is 5.97 Å². The number of benzene rings is 1. The summed E-state index contributed by atoms with van der Waals surface area (Å²) in [6.45, 7) is 2.37. The molecule has 2 aromatic rings. The largest absolute Gasteiger partial charge is 0.465 e. The van der Waals surface area contributed by atoms with E-state index >= 15 is 0 Å². The number of esters is 1. The Morgan fingerprint density at radius 3 is 2.90 bits per heavy atom. The number of aryl methyl sites for hydroxylation is 1. The summed E-state index contributed by atoms with van der Waals surface area (Å²) in [6.07, 6.45) is 10.8. The molecule has 4 heteroatoms. The van der Waals surface area contributed by atoms with E-state index in [2.05, 4.69) is 24.1 Å². The van der Waals surface area contributed by atoms with Crippen LogP contribution >= 0.6 is 0 Å². The molecule has 3 aliphatic rings. The number of methoxy groups -OCH3 is 1. The van der Waals surface area contributed by atoms with Gasteiger partial charge in [-0.05, 0) is 95.7 Å². The normalized spacial score (nSPS) is 30.0. The lowest BCUT2D eigenvalue weighted by Crippen LogP contribution is -2.41. The van der Waals surface area contributed by atoms with Crippen molar-refractivity contribution in [2.24, 2.45) is 17.3 Å². The molecular formula is C25H26FNO2. The molecule has 0 spiro atoms. The molecule has 0 bridgehead atoms. The third kappa shape index (κ3) is 2.84. The van der Waals surface area contributed by atoms with Crippen LogP contribution in [0.2, 0.25) is 0 Å². The third-order valence-electron chi connectivity index (χ3n) is 7.74. The Bertz CT molecular complexity index is 1010. The quantitative estimate of drug-likeness (QED) is 0.630. The van der Waals surface area contributed by atoms with Crippen LogP contribution in [0.15, 0.2) is 42.7 Å². The molecule has 0 aliphatic heterocycles. The number of halogens is 1. The van der Waals surface area contributed by atoms with Gasteiger partial charge in [-0.2, -0.15) is 0 Å². The van der Waals surface area contributed by atoms with Gasteiger partial charge < -0.3 is 4.74 Å². The molecule has 1 fully saturated rings. The summed E-state index contributed by atoms with van der Waals surface area (Å²) in [5.41, 5.74) is 5.66. The number of fused-ring (bicyclic) bond motifs is 5. The van der Waals surface area contributed by atoms with Crippen LogP contribution in [0.5, 0.6) is 0 Å². The maximum Gasteiger partial charge on any atom is 0.337 e. The molecule has 29 heavy (non-hydrogen) atoms. The van der Waals surface area contributed by atoms with Crippen LogP contribution in [0.1, 0.15) is 65.6 Å². The molecule has 0 radical (unpaired) electrons. The fourth-order valence-corrected chi connectivity index (χ4v) is 6.40. The molecule has 1 aromatic carbocycles. The summed E-state index contributed by atoms with van der Waals surface area (Å²) < 4.78 is 18.7. The Hall–Kier alpha value is -2.49. The predicted octanol–water partition coefficient (Wildman–Crippen LogP) is 5.56. The zero-order chi connectivity index (χ0) is 20.2. The summed E-state index contributed by atoms with van der Waals surface area (Å²) >= 11 is 0. The lowest BCUT2D eigenvalue weighted by molar-refractivity contribution is 0.0600. The second-order valence-electron chi connectivity index (χ2n) is 9.02. The van der Waals surface area contributed by atoms with Gasteiger partial charge in [0.2, 0.25) is 0 Å². The topological polar surface area (TPSA) is 39.2 Å². The number of hydrogen-bond acceptors (Lipinski definition) is 3. The van der Waals surface area contributed by atoms with Crippen LogP contribution in [0.25, 0.3) is 5.57 Å². The summed E-state index contributed by atoms with van der Waals surface area (Å²) in [7, 11) is 1.43. The summed E-state index contributed by atoms with van der Waals surface area (Å²) in [6, 6.07) is 7.73. The lowest BCUT2D eigenvalue weighted by Gasteiger charge is -2.50. The van der Waals surface area contributed by atoms with E-state index in [4.69, 9.17) is 4.74 Å². The minimum atomic E-state index is -0.267. The van der Waals surface area contributed by atoms with Gasteiger partial charge in [0.1, 0.15) is 5.82 Å². The van der Waals surface area contributed by atoms with Crippen LogP contribution in [0, 0.1) is 23.1 Å². The number of carbonyl (C=O) groups excluding carboxylic acids is 1. The maximum absolute atomic E-state index is 13.8. The Labute approximate surface area is 171 Å². The first-order chi connectivity index (χ1) is 14.0. The van der Waals surface area contributed by atoms with E-state index in [1.807, 2.05) is 12.1 Å². The first kappa shape index (κ1) is 18.5. The zero-order valence-corrected chi connectivity index (χ0v) is 17.0. The molecule has 150 valence electrons. The SMILES string of the molecule is COC(=O)c1ccc2c(c1)CC[C@@H]1[C@@H]2CC[C@]2(C)C(c3cncc(F)c3)=CC[C@@H]12. The van der Waals surface area contributed by atoms with Crippen molar-refractivity contribution in [2.45, 2.75) is 44.9 Å². The Kier molecular flexibility index (Phi) is 4.34. The van der Waals surface area contributed by atoms with Crippen molar-refractivity contribution in [1.82, 2.24) is 4.98 Å². The van der Waals surface area contributed by atoms with E-state index in [0.717, 1.165) is 37.7 Å². The number of aromatic nitrogens is 1. The average molecular weight is 391 g/mol. The molecule has 0 amide bonds. The highest BCUT2D eigenvalue weighted by molar-refractivity contribution is 5.89. The van der Waals surface area contributed by atoms with Gasteiger partial charge in [-0.1, -0.05) is 19.1 Å². The first-order valence-corrected chi connectivity index (χ1v) is 10.5. The highest BCUT2D eigenvalue weighted by atomic mass is 19.1.